The SMILES string of the molecule is C1CCNC1.C=C(C)CC1C(=O)CN(C(=O)OCc2ccccc2)C1C(=O)O.C=C(C)CC1C(=O)CN(C(=O)OCc2ccccc2)C1C(=O)OC.C=C(C)CC1C(C(=O)O)N(C(=O)OCc2ccccc2)C[C@@H]1O.C=C(C)CCl.COC(=O)C1C=C(N2CCCC2)CN1C(=O)OCc1ccccc1.COC(=O)C1CC(=O)CN1C(=O)OCc1ccccc1.OO.[Ac].[Ac].[Ac].[B-]O.[Na+]. The third-order valence-electron chi connectivity index (χ3n) is 20.2. The van der Waals surface area contributed by atoms with Gasteiger partial charge in [0.1, 0.15) is 57.2 Å². The normalized spacial score (nSPS) is 18.9. The van der Waals surface area contributed by atoms with Gasteiger partial charge < -0.3 is 76.5 Å². The first kappa shape index (κ1) is 125. The summed E-state index contributed by atoms with van der Waals surface area (Å²) in [7, 11) is 7.28. The van der Waals surface area contributed by atoms with Crippen molar-refractivity contribution in [2.75, 3.05) is 86.1 Å². The van der Waals surface area contributed by atoms with Crippen LogP contribution in [0.2, 0.25) is 0 Å². The Kier molecular flexibility index (Phi) is 65.0. The molecule has 7 aliphatic rings. The second kappa shape index (κ2) is 68.7. The molecule has 7 N–H and O–H groups in total. The molecule has 6 fully saturated rings. The monoisotopic (exact) mass is 2500 g/mol. The molecule has 40 heteroatoms. The molecule has 702 valence electrons. The first-order valence-electron chi connectivity index (χ1n) is 40.9. The number of likely N-dealkylation sites (tertiary alicyclic amines) is 5. The number of hydrogen-bond acceptors (Lipinski definition) is 27. The number of amides is 5. The van der Waals surface area contributed by atoms with E-state index in [0.717, 1.165) is 95.8 Å². The quantitative estimate of drug-likeness (QED) is 0.00616. The molecule has 5 aromatic rings. The summed E-state index contributed by atoms with van der Waals surface area (Å²) in [6, 6.07) is 41.1. The van der Waals surface area contributed by atoms with Crippen LogP contribution in [0, 0.1) is 150 Å². The number of benzene rings is 5. The summed E-state index contributed by atoms with van der Waals surface area (Å²) in [6.07, 6.45) is 3.47. The summed E-state index contributed by atoms with van der Waals surface area (Å²) in [5.74, 6) is -6.08. The number of nitrogens with zero attached hydrogens (tertiary/aromatic N) is 6. The Hall–Kier alpha value is -7.21. The van der Waals surface area contributed by atoms with Gasteiger partial charge in [0.15, 0.2) is 23.4 Å². The Morgan fingerprint density at radius 1 is 0.439 bits per heavy atom. The molecule has 0 aliphatic carbocycles. The van der Waals surface area contributed by atoms with E-state index >= 15 is 0 Å². The van der Waals surface area contributed by atoms with Gasteiger partial charge in [0, 0.05) is 169 Å². The first-order chi connectivity index (χ1) is 61.3. The number of esters is 3. The van der Waals surface area contributed by atoms with Crippen molar-refractivity contribution in [3.63, 3.8) is 0 Å². The molecule has 132 heavy (non-hydrogen) atoms. The van der Waals surface area contributed by atoms with Crippen LogP contribution in [0.5, 0.6) is 0 Å². The third-order valence-corrected chi connectivity index (χ3v) is 20.6. The van der Waals surface area contributed by atoms with Gasteiger partial charge in [0.05, 0.1) is 72.0 Å². The van der Waals surface area contributed by atoms with Crippen molar-refractivity contribution in [3.8, 4) is 0 Å². The largest absolute Gasteiger partial charge is 1.00 e. The summed E-state index contributed by atoms with van der Waals surface area (Å²) in [5.41, 5.74) is 8.42. The minimum atomic E-state index is -1.21. The molecule has 0 saturated carbocycles. The van der Waals surface area contributed by atoms with Crippen molar-refractivity contribution in [1.29, 1.82) is 0 Å². The van der Waals surface area contributed by atoms with Gasteiger partial charge in [0.25, 0.3) is 0 Å². The molecular weight excluding hydrogens is 2390 g/mol. The summed E-state index contributed by atoms with van der Waals surface area (Å²) < 4.78 is 40.2. The molecule has 34 nitrogen and oxygen atoms in total. The minimum Gasteiger partial charge on any atom is -0.715 e. The summed E-state index contributed by atoms with van der Waals surface area (Å²) in [4.78, 5) is 163. The summed E-state index contributed by atoms with van der Waals surface area (Å²) in [6.45, 7) is 26.6. The van der Waals surface area contributed by atoms with Crippen LogP contribution in [-0.4, -0.2) is 268 Å². The van der Waals surface area contributed by atoms with E-state index in [-0.39, 0.29) is 251 Å². The number of carboxylic acid groups (broad SMARTS) is 2. The van der Waals surface area contributed by atoms with Gasteiger partial charge in [-0.15, -0.1) is 31.3 Å². The van der Waals surface area contributed by atoms with E-state index in [4.69, 9.17) is 60.3 Å². The topological polar surface area (TPSA) is 449 Å². The number of carbonyl (C=O) groups excluding carboxylic acids is 11. The Balaban J connectivity index is 0.00000155. The first-order valence-corrected chi connectivity index (χ1v) is 41.4. The molecule has 0 spiro atoms. The predicted molar refractivity (Wildman–Crippen MR) is 471 cm³/mol. The van der Waals surface area contributed by atoms with Crippen molar-refractivity contribution in [1.82, 2.24) is 34.7 Å². The van der Waals surface area contributed by atoms with Crippen LogP contribution in [0.15, 0.2) is 212 Å². The van der Waals surface area contributed by atoms with Crippen LogP contribution >= 0.6 is 11.6 Å². The fourth-order valence-corrected chi connectivity index (χ4v) is 14.0. The molecule has 5 amide bonds. The van der Waals surface area contributed by atoms with Gasteiger partial charge in [-0.3, -0.25) is 49.4 Å². The van der Waals surface area contributed by atoms with Crippen LogP contribution in [-0.2, 0) is 109 Å². The molecule has 8 unspecified atom stereocenters. The maximum atomic E-state index is 12.5. The number of rotatable bonds is 23. The summed E-state index contributed by atoms with van der Waals surface area (Å²) in [5, 5.41) is 50.6. The van der Waals surface area contributed by atoms with Crippen LogP contribution < -0.4 is 34.9 Å². The molecular formula is C92H117Ac3BClN7NaO27. The van der Waals surface area contributed by atoms with Gasteiger partial charge in [-0.2, -0.15) is 0 Å². The van der Waals surface area contributed by atoms with Gasteiger partial charge in [-0.1, -0.05) is 181 Å². The van der Waals surface area contributed by atoms with Crippen molar-refractivity contribution >= 4 is 97.3 Å². The number of carboxylic acids is 2. The molecule has 0 bridgehead atoms. The number of hydrogen-bond donors (Lipinski definition) is 7. The minimum absolute atomic E-state index is 0. The van der Waals surface area contributed by atoms with E-state index in [0.29, 0.717) is 30.8 Å². The molecule has 7 aliphatic heterocycles. The van der Waals surface area contributed by atoms with E-state index in [1.54, 1.807) is 32.9 Å². The molecule has 0 aromatic heterocycles. The third kappa shape index (κ3) is 43.0. The number of methoxy groups -OCH3 is 3. The van der Waals surface area contributed by atoms with Gasteiger partial charge in [-0.25, -0.2) is 47.9 Å². The van der Waals surface area contributed by atoms with E-state index in [2.05, 4.69) is 49.3 Å². The van der Waals surface area contributed by atoms with Crippen LogP contribution in [0.1, 0.15) is 107 Å². The zero-order valence-corrected chi connectivity index (χ0v) is 92.9. The van der Waals surface area contributed by atoms with Gasteiger partial charge in [-0.05, 0) is 120 Å². The standard InChI is InChI=1S/C18H22N2O4.C18H21NO5.C17H21NO5.C17H19NO5.C14H15NO5.C4H7Cl.C4H9N.3Ac.BHO.Na.H2O2/c1-23-17(21)16-11-15(19-9-5-6-10-19)12-20(16)18(22)24-13-14-7-3-2-4-8-14;1-12(2)9-14-15(20)10-19(16(14)17(21)23-3)18(22)24-11-13-7-5-4-6-8-13;2*1-11(2)8-13-14(19)9-18(15(13)16(20)21)17(22)23-10-12-6-4-3-5-7-12;1-19-13(17)12-7-11(16)8-15(12)14(18)20-9-10-5-3-2-4-6-10;1-4(2)3-5;1-2-4-5-3-1;;;;1-2;;1-2/h2-4,7-8,11,16H,5-6,9-10,12-13H2,1H3;4-8,14,16H,1,9-11H2,2-3H3;3-7,13-15,19H,1,8-10H2,2H3,(H,20,21);3-7,13,15H,1,8-10H2,2H3,(H,20,21);2-6,12H,7-9H2,1H3;1,3H2,2H3;5H,1-4H2;;;;2H;;1-2H/q;;;;;;;;;;-1;+1;/t;;13?,14-,15?;;;;;;;;;;/m..0........../s1. The number of allylic oxidation sites excluding steroid dienone is 4. The number of nitrogens with one attached hydrogen (secondary N) is 1. The number of aliphatic hydroxyl groups excluding tert-OH is 1. The van der Waals surface area contributed by atoms with Crippen molar-refractivity contribution in [2.45, 2.75) is 148 Å². The number of carbonyl (C=O) groups is 13. The van der Waals surface area contributed by atoms with Gasteiger partial charge in [0.2, 0.25) is 0 Å². The van der Waals surface area contributed by atoms with Crippen LogP contribution in [0.3, 0.4) is 0 Å². The van der Waals surface area contributed by atoms with E-state index in [1.807, 2.05) is 153 Å². The number of halogens is 1. The van der Waals surface area contributed by atoms with E-state index in [1.165, 1.54) is 52.2 Å². The predicted octanol–water partition coefficient (Wildman–Crippen LogP) is 8.17. The van der Waals surface area contributed by atoms with E-state index < -0.39 is 114 Å². The van der Waals surface area contributed by atoms with Crippen LogP contribution in [0.25, 0.3) is 0 Å². The molecule has 12 rings (SSSR count). The number of Topliss-reactive ketones (excluding diaryl/α,β-unsaturated/α-hetero) is 3. The fourth-order valence-electron chi connectivity index (χ4n) is 14.0. The molecule has 7 heterocycles. The maximum Gasteiger partial charge on any atom is 1.00 e. The molecule has 6 radical (unpaired) electrons. The Morgan fingerprint density at radius 2 is 0.765 bits per heavy atom. The summed E-state index contributed by atoms with van der Waals surface area (Å²) >= 11 is 5.24. The number of alkyl halides is 1. The molecule has 6 saturated heterocycles. The second-order valence-corrected chi connectivity index (χ2v) is 30.7. The van der Waals surface area contributed by atoms with Crippen molar-refractivity contribution in [2.24, 2.45) is 17.8 Å². The average molecular weight is 2500 g/mol. The van der Waals surface area contributed by atoms with Crippen molar-refractivity contribution < 1.29 is 293 Å². The number of aliphatic carboxylic acids is 2. The zero-order chi connectivity index (χ0) is 95.0. The zero-order valence-electron chi connectivity index (χ0n) is 75.9. The fraction of sp³-hybridized carbons (Fsp3) is 0.424. The number of ether oxygens (including phenoxy) is 8. The average Bonchev–Trinajstić information content (AvgIpc) is 1.68. The second-order valence-electron chi connectivity index (χ2n) is 30.4. The maximum absolute atomic E-state index is 12.5. The Bertz CT molecular complexity index is 4510. The van der Waals surface area contributed by atoms with Gasteiger partial charge >= 0.3 is 89.9 Å². The Morgan fingerprint density at radius 3 is 1.08 bits per heavy atom. The van der Waals surface area contributed by atoms with E-state index in [9.17, 15) is 77.6 Å². The van der Waals surface area contributed by atoms with Crippen molar-refractivity contribution in [3.05, 3.63) is 240 Å². The molecule has 9 atom stereocenters. The smallest absolute Gasteiger partial charge is 0.715 e. The molecule has 5 aromatic carbocycles. The number of β-amino-alcohol motifs (C(OH)–C–C–N with tert-alkyl or cyclic N) is 1. The van der Waals surface area contributed by atoms with Crippen LogP contribution in [0.4, 0.5) is 24.0 Å². The number of ketones is 3. The number of aliphatic hydroxyl groups is 1. The Labute approximate surface area is 906 Å².